The number of hydrogen-bond donors (Lipinski definition) is 2. The number of nitriles is 1. The molecule has 0 saturated heterocycles. The number of rotatable bonds is 5. The van der Waals surface area contributed by atoms with Crippen molar-refractivity contribution in [2.24, 2.45) is 0 Å². The second-order valence-electron chi connectivity index (χ2n) is 3.55. The molecule has 2 N–H and O–H groups in total. The predicted octanol–water partition coefficient (Wildman–Crippen LogP) is 1.12. The monoisotopic (exact) mass is 235 g/mol. The van der Waals surface area contributed by atoms with Crippen molar-refractivity contribution in [1.82, 2.24) is 10.6 Å². The highest BCUT2D eigenvalue weighted by Gasteiger charge is 2.09. The summed E-state index contributed by atoms with van der Waals surface area (Å²) in [4.78, 5) is 10.6. The molecule has 90 valence electrons. The maximum absolute atomic E-state index is 13.0. The van der Waals surface area contributed by atoms with Crippen LogP contribution in [0.15, 0.2) is 24.3 Å². The van der Waals surface area contributed by atoms with E-state index in [0.29, 0.717) is 18.7 Å². The van der Waals surface area contributed by atoms with Crippen LogP contribution in [0.5, 0.6) is 0 Å². The second-order valence-corrected chi connectivity index (χ2v) is 3.55. The third kappa shape index (κ3) is 4.62. The van der Waals surface area contributed by atoms with Crippen molar-refractivity contribution >= 4 is 5.91 Å². The molecule has 0 aliphatic heterocycles. The summed E-state index contributed by atoms with van der Waals surface area (Å²) in [5.41, 5.74) is 0.579. The summed E-state index contributed by atoms with van der Waals surface area (Å²) in [5, 5.41) is 14.5. The fourth-order valence-electron chi connectivity index (χ4n) is 1.38. The van der Waals surface area contributed by atoms with Crippen LogP contribution in [0.3, 0.4) is 0 Å². The standard InChI is InChI=1S/C12H14FN3O/c1-9(17)15-5-6-16-12(8-14)10-3-2-4-11(13)7-10/h2-4,7,12,16H,5-6H2,1H3,(H,15,17). The van der Waals surface area contributed by atoms with Gasteiger partial charge in [0, 0.05) is 20.0 Å². The summed E-state index contributed by atoms with van der Waals surface area (Å²) in [7, 11) is 0. The normalized spacial score (nSPS) is 11.6. The lowest BCUT2D eigenvalue weighted by Gasteiger charge is -2.11. The zero-order valence-corrected chi connectivity index (χ0v) is 9.53. The minimum Gasteiger partial charge on any atom is -0.355 e. The van der Waals surface area contributed by atoms with E-state index in [9.17, 15) is 9.18 Å². The molecule has 0 radical (unpaired) electrons. The number of carbonyl (C=O) groups is 1. The minimum absolute atomic E-state index is 0.119. The molecule has 1 unspecified atom stereocenters. The highest BCUT2D eigenvalue weighted by Crippen LogP contribution is 2.12. The largest absolute Gasteiger partial charge is 0.355 e. The van der Waals surface area contributed by atoms with Crippen LogP contribution in [0.2, 0.25) is 0 Å². The van der Waals surface area contributed by atoms with Crippen LogP contribution < -0.4 is 10.6 Å². The van der Waals surface area contributed by atoms with Crippen molar-refractivity contribution in [3.63, 3.8) is 0 Å². The van der Waals surface area contributed by atoms with Crippen molar-refractivity contribution in [2.75, 3.05) is 13.1 Å². The van der Waals surface area contributed by atoms with Gasteiger partial charge in [-0.2, -0.15) is 5.26 Å². The van der Waals surface area contributed by atoms with Gasteiger partial charge in [-0.25, -0.2) is 4.39 Å². The SMILES string of the molecule is CC(=O)NCCNC(C#N)c1cccc(F)c1. The van der Waals surface area contributed by atoms with Crippen LogP contribution in [0.25, 0.3) is 0 Å². The fourth-order valence-corrected chi connectivity index (χ4v) is 1.38. The molecule has 1 aromatic rings. The molecule has 5 heteroatoms. The first-order valence-corrected chi connectivity index (χ1v) is 5.26. The van der Waals surface area contributed by atoms with E-state index in [0.717, 1.165) is 0 Å². The quantitative estimate of drug-likeness (QED) is 0.751. The van der Waals surface area contributed by atoms with E-state index in [1.54, 1.807) is 12.1 Å². The lowest BCUT2D eigenvalue weighted by Crippen LogP contribution is -2.32. The van der Waals surface area contributed by atoms with Gasteiger partial charge in [-0.15, -0.1) is 0 Å². The maximum Gasteiger partial charge on any atom is 0.216 e. The number of benzene rings is 1. The van der Waals surface area contributed by atoms with Crippen molar-refractivity contribution in [3.05, 3.63) is 35.6 Å². The number of halogens is 1. The molecule has 0 aliphatic carbocycles. The molecule has 0 heterocycles. The molecule has 17 heavy (non-hydrogen) atoms. The van der Waals surface area contributed by atoms with Crippen LogP contribution in [0.4, 0.5) is 4.39 Å². The first-order chi connectivity index (χ1) is 8.13. The Morgan fingerprint density at radius 2 is 2.29 bits per heavy atom. The van der Waals surface area contributed by atoms with Crippen molar-refractivity contribution in [2.45, 2.75) is 13.0 Å². The van der Waals surface area contributed by atoms with Crippen LogP contribution in [-0.2, 0) is 4.79 Å². The van der Waals surface area contributed by atoms with Gasteiger partial charge in [0.25, 0.3) is 0 Å². The minimum atomic E-state index is -0.570. The van der Waals surface area contributed by atoms with Gasteiger partial charge in [-0.1, -0.05) is 12.1 Å². The molecular formula is C12H14FN3O. The van der Waals surface area contributed by atoms with E-state index in [4.69, 9.17) is 5.26 Å². The van der Waals surface area contributed by atoms with Crippen LogP contribution >= 0.6 is 0 Å². The van der Waals surface area contributed by atoms with E-state index in [1.165, 1.54) is 19.1 Å². The second kappa shape index (κ2) is 6.61. The highest BCUT2D eigenvalue weighted by atomic mass is 19.1. The Labute approximate surface area is 99.4 Å². The summed E-state index contributed by atoms with van der Waals surface area (Å²) in [5.74, 6) is -0.488. The Kier molecular flexibility index (Phi) is 5.11. The topological polar surface area (TPSA) is 64.9 Å². The highest BCUT2D eigenvalue weighted by molar-refractivity contribution is 5.72. The van der Waals surface area contributed by atoms with Crippen molar-refractivity contribution in [3.8, 4) is 6.07 Å². The third-order valence-electron chi connectivity index (χ3n) is 2.16. The lowest BCUT2D eigenvalue weighted by molar-refractivity contribution is -0.118. The molecule has 0 spiro atoms. The van der Waals surface area contributed by atoms with E-state index in [2.05, 4.69) is 10.6 Å². The van der Waals surface area contributed by atoms with Crippen LogP contribution in [-0.4, -0.2) is 19.0 Å². The van der Waals surface area contributed by atoms with Crippen LogP contribution in [0.1, 0.15) is 18.5 Å². The molecule has 4 nitrogen and oxygen atoms in total. The number of hydrogen-bond acceptors (Lipinski definition) is 3. The maximum atomic E-state index is 13.0. The Balaban J connectivity index is 2.49. The smallest absolute Gasteiger partial charge is 0.216 e. The molecular weight excluding hydrogens is 221 g/mol. The van der Waals surface area contributed by atoms with E-state index < -0.39 is 6.04 Å². The first-order valence-electron chi connectivity index (χ1n) is 5.26. The van der Waals surface area contributed by atoms with E-state index >= 15 is 0 Å². The Bertz CT molecular complexity index is 428. The van der Waals surface area contributed by atoms with Crippen LogP contribution in [0, 0.1) is 17.1 Å². The fraction of sp³-hybridized carbons (Fsp3) is 0.333. The Hall–Kier alpha value is -1.93. The molecule has 0 saturated carbocycles. The average molecular weight is 235 g/mol. The van der Waals surface area contributed by atoms with Gasteiger partial charge in [-0.3, -0.25) is 10.1 Å². The molecule has 0 aromatic heterocycles. The number of nitrogens with zero attached hydrogens (tertiary/aromatic N) is 1. The average Bonchev–Trinajstić information content (AvgIpc) is 2.29. The number of nitrogens with one attached hydrogen (secondary N) is 2. The summed E-state index contributed by atoms with van der Waals surface area (Å²) < 4.78 is 13.0. The Morgan fingerprint density at radius 1 is 1.53 bits per heavy atom. The van der Waals surface area contributed by atoms with E-state index in [1.807, 2.05) is 6.07 Å². The summed E-state index contributed by atoms with van der Waals surface area (Å²) in [6.45, 7) is 2.31. The summed E-state index contributed by atoms with van der Waals surface area (Å²) >= 11 is 0. The first kappa shape index (κ1) is 13.1. The zero-order valence-electron chi connectivity index (χ0n) is 9.53. The zero-order chi connectivity index (χ0) is 12.7. The van der Waals surface area contributed by atoms with Gasteiger partial charge >= 0.3 is 0 Å². The van der Waals surface area contributed by atoms with Gasteiger partial charge in [0.1, 0.15) is 11.9 Å². The number of carbonyl (C=O) groups excluding carboxylic acids is 1. The van der Waals surface area contributed by atoms with Gasteiger partial charge in [0.2, 0.25) is 5.91 Å². The Morgan fingerprint density at radius 3 is 2.88 bits per heavy atom. The van der Waals surface area contributed by atoms with Gasteiger partial charge < -0.3 is 5.32 Å². The van der Waals surface area contributed by atoms with Crippen molar-refractivity contribution < 1.29 is 9.18 Å². The summed E-state index contributed by atoms with van der Waals surface area (Å²) in [6.07, 6.45) is 0. The molecule has 0 aliphatic rings. The van der Waals surface area contributed by atoms with Gasteiger partial charge in [0.15, 0.2) is 0 Å². The number of amides is 1. The predicted molar refractivity (Wildman–Crippen MR) is 61.4 cm³/mol. The lowest BCUT2D eigenvalue weighted by atomic mass is 10.1. The molecule has 0 fully saturated rings. The van der Waals surface area contributed by atoms with Gasteiger partial charge in [-0.05, 0) is 17.7 Å². The third-order valence-corrected chi connectivity index (χ3v) is 2.16. The summed E-state index contributed by atoms with van der Waals surface area (Å²) in [6, 6.07) is 7.36. The molecule has 0 bridgehead atoms. The van der Waals surface area contributed by atoms with Crippen molar-refractivity contribution in [1.29, 1.82) is 5.26 Å². The molecule has 1 amide bonds. The molecule has 1 atom stereocenters. The molecule has 1 aromatic carbocycles. The van der Waals surface area contributed by atoms with E-state index in [-0.39, 0.29) is 11.7 Å². The molecule has 1 rings (SSSR count). The van der Waals surface area contributed by atoms with Gasteiger partial charge in [0.05, 0.1) is 6.07 Å².